The van der Waals surface area contributed by atoms with Gasteiger partial charge in [-0.2, -0.15) is 5.10 Å². The molecule has 1 amide bonds. The third kappa shape index (κ3) is 4.65. The van der Waals surface area contributed by atoms with Gasteiger partial charge in [0.15, 0.2) is 0 Å². The third-order valence-corrected chi connectivity index (χ3v) is 4.69. The fourth-order valence-corrected chi connectivity index (χ4v) is 3.27. The first-order chi connectivity index (χ1) is 13.5. The number of carbonyl (C=O) groups is 2. The number of hydrogen-bond acceptors (Lipinski definition) is 5. The predicted octanol–water partition coefficient (Wildman–Crippen LogP) is 1.57. The topological polar surface area (TPSA) is 96.2 Å². The summed E-state index contributed by atoms with van der Waals surface area (Å²) in [5, 5.41) is 13.3. The van der Waals surface area contributed by atoms with Crippen LogP contribution in [0.2, 0.25) is 0 Å². The van der Waals surface area contributed by atoms with Crippen molar-refractivity contribution in [1.82, 2.24) is 14.9 Å². The number of nitrogens with one attached hydrogen (secondary N) is 1. The van der Waals surface area contributed by atoms with Crippen molar-refractivity contribution in [2.24, 2.45) is 5.10 Å². The maximum atomic E-state index is 12.0. The van der Waals surface area contributed by atoms with Crippen LogP contribution in [0, 0.1) is 13.8 Å². The first-order valence-electron chi connectivity index (χ1n) is 9.10. The zero-order chi connectivity index (χ0) is 20.1. The average molecular weight is 384 g/mol. The number of benzene rings is 1. The molecule has 0 aliphatic carbocycles. The van der Waals surface area contributed by atoms with Crippen molar-refractivity contribution in [3.63, 3.8) is 0 Å². The Morgan fingerprint density at radius 2 is 2.00 bits per heavy atom. The van der Waals surface area contributed by atoms with E-state index < -0.39 is 5.97 Å². The number of hydrogen-bond donors (Lipinski definition) is 2. The Morgan fingerprint density at radius 3 is 2.71 bits per heavy atom. The van der Waals surface area contributed by atoms with E-state index in [1.54, 1.807) is 24.4 Å². The van der Waals surface area contributed by atoms with Crippen LogP contribution in [0.1, 0.15) is 27.3 Å². The lowest BCUT2D eigenvalue weighted by atomic mass is 10.2. The Balaban J connectivity index is 1.69. The number of aromatic carboxylic acids is 1. The second-order valence-corrected chi connectivity index (χ2v) is 6.70. The van der Waals surface area contributed by atoms with Gasteiger partial charge in [0.2, 0.25) is 0 Å². The summed E-state index contributed by atoms with van der Waals surface area (Å²) in [6, 6.07) is 8.72. The van der Waals surface area contributed by atoms with Crippen molar-refractivity contribution in [3.8, 4) is 5.69 Å². The predicted molar refractivity (Wildman–Crippen MR) is 105 cm³/mol. The van der Waals surface area contributed by atoms with Crippen LogP contribution in [0.5, 0.6) is 0 Å². The van der Waals surface area contributed by atoms with Gasteiger partial charge < -0.3 is 14.4 Å². The minimum absolute atomic E-state index is 0.166. The molecule has 1 aromatic heterocycles. The van der Waals surface area contributed by atoms with Crippen LogP contribution in [0.25, 0.3) is 5.69 Å². The number of carboxylic acid groups (broad SMARTS) is 1. The Labute approximate surface area is 163 Å². The number of carbonyl (C=O) groups excluding carboxylic acids is 1. The van der Waals surface area contributed by atoms with Gasteiger partial charge in [-0.25, -0.2) is 10.2 Å². The molecule has 2 N–H and O–H groups in total. The number of ether oxygens (including phenoxy) is 1. The number of aromatic nitrogens is 1. The van der Waals surface area contributed by atoms with Gasteiger partial charge in [-0.3, -0.25) is 9.69 Å². The minimum Gasteiger partial charge on any atom is -0.478 e. The van der Waals surface area contributed by atoms with Crippen LogP contribution in [0.4, 0.5) is 0 Å². The minimum atomic E-state index is -0.964. The Bertz CT molecular complexity index is 898. The molecule has 0 unspecified atom stereocenters. The van der Waals surface area contributed by atoms with Crippen LogP contribution in [-0.4, -0.2) is 65.5 Å². The standard InChI is InChI=1S/C20H24N4O4/c1-14-10-17(12-21-22-19(25)13-23-6-8-28-9-7-23)15(2)24(14)18-5-3-4-16(11-18)20(26)27/h3-5,10-12H,6-9,13H2,1-2H3,(H,22,25)(H,26,27)/b21-12+. The number of morpholine rings is 1. The molecule has 2 aromatic rings. The van der Waals surface area contributed by atoms with Gasteiger partial charge in [-0.1, -0.05) is 6.07 Å². The lowest BCUT2D eigenvalue weighted by molar-refractivity contribution is -0.123. The van der Waals surface area contributed by atoms with Crippen molar-refractivity contribution < 1.29 is 19.4 Å². The number of amides is 1. The summed E-state index contributed by atoms with van der Waals surface area (Å²) in [6.45, 7) is 6.94. The van der Waals surface area contributed by atoms with Crippen LogP contribution in [0.15, 0.2) is 35.4 Å². The molecule has 1 aromatic carbocycles. The molecule has 1 aliphatic heterocycles. The van der Waals surface area contributed by atoms with Gasteiger partial charge in [0.25, 0.3) is 5.91 Å². The summed E-state index contributed by atoms with van der Waals surface area (Å²) in [4.78, 5) is 25.3. The molecule has 1 fully saturated rings. The lowest BCUT2D eigenvalue weighted by Gasteiger charge is -2.25. The quantitative estimate of drug-likeness (QED) is 0.582. The van der Waals surface area contributed by atoms with Crippen molar-refractivity contribution >= 4 is 18.1 Å². The SMILES string of the molecule is Cc1cc(/C=N/NC(=O)CN2CCOCC2)c(C)n1-c1cccc(C(=O)O)c1. The van der Waals surface area contributed by atoms with Gasteiger partial charge in [0.05, 0.1) is 31.5 Å². The second kappa shape index (κ2) is 8.81. The highest BCUT2D eigenvalue weighted by molar-refractivity contribution is 5.88. The number of hydrazone groups is 1. The van der Waals surface area contributed by atoms with Crippen molar-refractivity contribution in [1.29, 1.82) is 0 Å². The van der Waals surface area contributed by atoms with Crippen LogP contribution in [-0.2, 0) is 9.53 Å². The molecular formula is C20H24N4O4. The van der Waals surface area contributed by atoms with Crippen molar-refractivity contribution in [3.05, 3.63) is 52.8 Å². The third-order valence-electron chi connectivity index (χ3n) is 4.69. The Morgan fingerprint density at radius 1 is 1.25 bits per heavy atom. The van der Waals surface area contributed by atoms with E-state index in [4.69, 9.17) is 4.74 Å². The molecule has 28 heavy (non-hydrogen) atoms. The lowest BCUT2D eigenvalue weighted by Crippen LogP contribution is -2.42. The number of carboxylic acids is 1. The number of rotatable bonds is 6. The summed E-state index contributed by atoms with van der Waals surface area (Å²) in [5.41, 5.74) is 6.27. The van der Waals surface area contributed by atoms with Crippen molar-refractivity contribution in [2.75, 3.05) is 32.8 Å². The molecule has 8 heteroatoms. The zero-order valence-electron chi connectivity index (χ0n) is 16.0. The maximum Gasteiger partial charge on any atom is 0.335 e. The smallest absolute Gasteiger partial charge is 0.335 e. The largest absolute Gasteiger partial charge is 0.478 e. The Kier molecular flexibility index (Phi) is 6.23. The number of nitrogens with zero attached hydrogens (tertiary/aromatic N) is 3. The van der Waals surface area contributed by atoms with E-state index in [2.05, 4.69) is 10.5 Å². The fraction of sp³-hybridized carbons (Fsp3) is 0.350. The summed E-state index contributed by atoms with van der Waals surface area (Å²) in [5.74, 6) is -1.13. The summed E-state index contributed by atoms with van der Waals surface area (Å²) in [6.07, 6.45) is 1.61. The molecule has 0 bridgehead atoms. The molecule has 1 saturated heterocycles. The normalized spacial score (nSPS) is 15.1. The average Bonchev–Trinajstić information content (AvgIpc) is 2.96. The second-order valence-electron chi connectivity index (χ2n) is 6.70. The van der Waals surface area contributed by atoms with Crippen LogP contribution < -0.4 is 5.43 Å². The molecule has 0 saturated carbocycles. The first-order valence-corrected chi connectivity index (χ1v) is 9.10. The van der Waals surface area contributed by atoms with Gasteiger partial charge in [0.1, 0.15) is 0 Å². The van der Waals surface area contributed by atoms with E-state index in [1.807, 2.05) is 35.4 Å². The van der Waals surface area contributed by atoms with E-state index in [9.17, 15) is 14.7 Å². The highest BCUT2D eigenvalue weighted by Crippen LogP contribution is 2.20. The van der Waals surface area contributed by atoms with E-state index in [1.165, 1.54) is 0 Å². The van der Waals surface area contributed by atoms with Crippen LogP contribution in [0.3, 0.4) is 0 Å². The highest BCUT2D eigenvalue weighted by atomic mass is 16.5. The molecule has 0 atom stereocenters. The van der Waals surface area contributed by atoms with Crippen LogP contribution >= 0.6 is 0 Å². The highest BCUT2D eigenvalue weighted by Gasteiger charge is 2.14. The van der Waals surface area contributed by atoms with E-state index in [0.717, 1.165) is 35.7 Å². The summed E-state index contributed by atoms with van der Waals surface area (Å²) in [7, 11) is 0. The van der Waals surface area contributed by atoms with Gasteiger partial charge in [-0.05, 0) is 38.1 Å². The van der Waals surface area contributed by atoms with E-state index >= 15 is 0 Å². The first kappa shape index (κ1) is 19.8. The monoisotopic (exact) mass is 384 g/mol. The van der Waals surface area contributed by atoms with Gasteiger partial charge >= 0.3 is 5.97 Å². The van der Waals surface area contributed by atoms with E-state index in [0.29, 0.717) is 19.8 Å². The Hall–Kier alpha value is -2.97. The summed E-state index contributed by atoms with van der Waals surface area (Å²) < 4.78 is 7.23. The zero-order valence-corrected chi connectivity index (χ0v) is 16.0. The number of aryl methyl sites for hydroxylation is 1. The van der Waals surface area contributed by atoms with Gasteiger partial charge in [-0.15, -0.1) is 0 Å². The van der Waals surface area contributed by atoms with Crippen molar-refractivity contribution in [2.45, 2.75) is 13.8 Å². The van der Waals surface area contributed by atoms with E-state index in [-0.39, 0.29) is 11.5 Å². The maximum absolute atomic E-state index is 12.0. The molecule has 0 spiro atoms. The summed E-state index contributed by atoms with van der Waals surface area (Å²) >= 11 is 0. The molecule has 8 nitrogen and oxygen atoms in total. The molecule has 148 valence electrons. The molecule has 1 aliphatic rings. The molecule has 2 heterocycles. The fourth-order valence-electron chi connectivity index (χ4n) is 3.27. The molecule has 3 rings (SSSR count). The molecule has 0 radical (unpaired) electrons. The molecular weight excluding hydrogens is 360 g/mol. The van der Waals surface area contributed by atoms with Gasteiger partial charge in [0, 0.05) is 35.7 Å².